The lowest BCUT2D eigenvalue weighted by molar-refractivity contribution is 0.0924. The fourth-order valence-electron chi connectivity index (χ4n) is 2.43. The number of rotatable bonds is 3. The van der Waals surface area contributed by atoms with Crippen LogP contribution in [-0.4, -0.2) is 17.9 Å². The number of halogens is 1. The van der Waals surface area contributed by atoms with E-state index in [0.29, 0.717) is 27.6 Å². The summed E-state index contributed by atoms with van der Waals surface area (Å²) in [6.07, 6.45) is -0.131. The molecule has 0 saturated carbocycles. The fraction of sp³-hybridized carbons (Fsp3) is 0.176. The molecule has 0 fully saturated rings. The van der Waals surface area contributed by atoms with Gasteiger partial charge in [-0.15, -0.1) is 0 Å². The molecule has 0 bridgehead atoms. The molecule has 5 heteroatoms. The molecule has 0 atom stereocenters. The Morgan fingerprint density at radius 1 is 0.955 bits per heavy atom. The van der Waals surface area contributed by atoms with Gasteiger partial charge >= 0.3 is 0 Å². The lowest BCUT2D eigenvalue weighted by Crippen LogP contribution is -2.30. The summed E-state index contributed by atoms with van der Waals surface area (Å²) in [7, 11) is 0. The van der Waals surface area contributed by atoms with Crippen LogP contribution in [-0.2, 0) is 0 Å². The Labute approximate surface area is 133 Å². The van der Waals surface area contributed by atoms with E-state index in [1.807, 2.05) is 13.8 Å². The van der Waals surface area contributed by atoms with Crippen LogP contribution in [0.2, 0.25) is 5.02 Å². The standard InChI is InChI=1S/C17H14ClNO3/c1-10(2)22-15-13(18)8-5-9-14(15)19-16(20)11-6-3-4-7-12(11)17(19)21/h3-10H,1-2H3. The first-order valence-corrected chi connectivity index (χ1v) is 7.31. The molecule has 1 aliphatic heterocycles. The molecular formula is C17H14ClNO3. The molecule has 0 aliphatic carbocycles. The molecule has 0 aromatic heterocycles. The highest BCUT2D eigenvalue weighted by atomic mass is 35.5. The molecule has 1 aliphatic rings. The Morgan fingerprint density at radius 3 is 2.09 bits per heavy atom. The summed E-state index contributed by atoms with van der Waals surface area (Å²) in [5, 5.41) is 0.364. The van der Waals surface area contributed by atoms with Crippen molar-refractivity contribution < 1.29 is 14.3 Å². The van der Waals surface area contributed by atoms with Gasteiger partial charge in [0.05, 0.1) is 27.9 Å². The van der Waals surface area contributed by atoms with Gasteiger partial charge in [0.1, 0.15) is 0 Å². The number of amides is 2. The van der Waals surface area contributed by atoms with Crippen LogP contribution >= 0.6 is 11.6 Å². The zero-order valence-electron chi connectivity index (χ0n) is 12.2. The minimum atomic E-state index is -0.364. The molecule has 0 saturated heterocycles. The van der Waals surface area contributed by atoms with Gasteiger partial charge in [0, 0.05) is 0 Å². The zero-order valence-corrected chi connectivity index (χ0v) is 12.9. The molecule has 2 aromatic rings. The number of anilines is 1. The van der Waals surface area contributed by atoms with E-state index in [1.54, 1.807) is 42.5 Å². The molecule has 0 N–H and O–H groups in total. The number of hydrogen-bond acceptors (Lipinski definition) is 3. The smallest absolute Gasteiger partial charge is 0.266 e. The molecule has 0 spiro atoms. The zero-order chi connectivity index (χ0) is 15.9. The fourth-order valence-corrected chi connectivity index (χ4v) is 2.65. The molecule has 4 nitrogen and oxygen atoms in total. The maximum atomic E-state index is 12.6. The summed E-state index contributed by atoms with van der Waals surface area (Å²) < 4.78 is 5.71. The number of nitrogens with zero attached hydrogens (tertiary/aromatic N) is 1. The Hall–Kier alpha value is -2.33. The summed E-state index contributed by atoms with van der Waals surface area (Å²) >= 11 is 6.18. The first kappa shape index (κ1) is 14.6. The number of benzene rings is 2. The Balaban J connectivity index is 2.12. The molecule has 3 rings (SSSR count). The maximum absolute atomic E-state index is 12.6. The third-order valence-electron chi connectivity index (χ3n) is 3.33. The molecule has 1 heterocycles. The van der Waals surface area contributed by atoms with Crippen molar-refractivity contribution in [2.24, 2.45) is 0 Å². The quantitative estimate of drug-likeness (QED) is 0.806. The van der Waals surface area contributed by atoms with Crippen molar-refractivity contribution in [3.05, 3.63) is 58.6 Å². The lowest BCUT2D eigenvalue weighted by atomic mass is 10.1. The minimum absolute atomic E-state index is 0.131. The SMILES string of the molecule is CC(C)Oc1c(Cl)cccc1N1C(=O)c2ccccc2C1=O. The van der Waals surface area contributed by atoms with E-state index in [0.717, 1.165) is 4.90 Å². The van der Waals surface area contributed by atoms with Crippen molar-refractivity contribution in [1.29, 1.82) is 0 Å². The second kappa shape index (κ2) is 5.46. The predicted octanol–water partition coefficient (Wildman–Crippen LogP) is 3.93. The Morgan fingerprint density at radius 2 is 1.55 bits per heavy atom. The van der Waals surface area contributed by atoms with Crippen LogP contribution in [0.4, 0.5) is 5.69 Å². The summed E-state index contributed by atoms with van der Waals surface area (Å²) in [6, 6.07) is 11.8. The average molecular weight is 316 g/mol. The van der Waals surface area contributed by atoms with Crippen LogP contribution in [0, 0.1) is 0 Å². The van der Waals surface area contributed by atoms with Gasteiger partial charge in [-0.25, -0.2) is 4.90 Å². The van der Waals surface area contributed by atoms with Crippen LogP contribution in [0.25, 0.3) is 0 Å². The van der Waals surface area contributed by atoms with Crippen molar-refractivity contribution in [2.45, 2.75) is 20.0 Å². The average Bonchev–Trinajstić information content (AvgIpc) is 2.74. The van der Waals surface area contributed by atoms with E-state index in [9.17, 15) is 9.59 Å². The maximum Gasteiger partial charge on any atom is 0.266 e. The number of hydrogen-bond donors (Lipinski definition) is 0. The van der Waals surface area contributed by atoms with Crippen molar-refractivity contribution in [2.75, 3.05) is 4.90 Å². The number of imide groups is 1. The van der Waals surface area contributed by atoms with Crippen LogP contribution < -0.4 is 9.64 Å². The normalized spacial score (nSPS) is 13.7. The largest absolute Gasteiger partial charge is 0.487 e. The first-order valence-electron chi connectivity index (χ1n) is 6.93. The van der Waals surface area contributed by atoms with E-state index in [4.69, 9.17) is 16.3 Å². The van der Waals surface area contributed by atoms with Crippen molar-refractivity contribution in [3.8, 4) is 5.75 Å². The lowest BCUT2D eigenvalue weighted by Gasteiger charge is -2.20. The van der Waals surface area contributed by atoms with Crippen LogP contribution in [0.1, 0.15) is 34.6 Å². The van der Waals surface area contributed by atoms with Crippen molar-refractivity contribution in [1.82, 2.24) is 0 Å². The molecule has 0 radical (unpaired) electrons. The number of para-hydroxylation sites is 1. The highest BCUT2D eigenvalue weighted by molar-refractivity contribution is 6.36. The first-order chi connectivity index (χ1) is 10.5. The van der Waals surface area contributed by atoms with Crippen LogP contribution in [0.15, 0.2) is 42.5 Å². The van der Waals surface area contributed by atoms with Gasteiger partial charge in [-0.05, 0) is 38.1 Å². The van der Waals surface area contributed by atoms with E-state index in [2.05, 4.69) is 0 Å². The van der Waals surface area contributed by atoms with E-state index in [-0.39, 0.29) is 17.9 Å². The van der Waals surface area contributed by atoms with Gasteiger partial charge < -0.3 is 4.74 Å². The van der Waals surface area contributed by atoms with Gasteiger partial charge in [0.2, 0.25) is 0 Å². The number of carbonyl (C=O) groups is 2. The second-order valence-electron chi connectivity index (χ2n) is 5.25. The molecule has 0 unspecified atom stereocenters. The van der Waals surface area contributed by atoms with E-state index in [1.165, 1.54) is 0 Å². The van der Waals surface area contributed by atoms with Crippen LogP contribution in [0.5, 0.6) is 5.75 Å². The summed E-state index contributed by atoms with van der Waals surface area (Å²) in [6.45, 7) is 3.71. The van der Waals surface area contributed by atoms with Crippen molar-refractivity contribution in [3.63, 3.8) is 0 Å². The van der Waals surface area contributed by atoms with E-state index >= 15 is 0 Å². The summed E-state index contributed by atoms with van der Waals surface area (Å²) in [4.78, 5) is 26.2. The third kappa shape index (κ3) is 2.25. The molecule has 112 valence electrons. The van der Waals surface area contributed by atoms with Gasteiger partial charge in [0.25, 0.3) is 11.8 Å². The van der Waals surface area contributed by atoms with Gasteiger partial charge in [0.15, 0.2) is 5.75 Å². The van der Waals surface area contributed by atoms with Crippen LogP contribution in [0.3, 0.4) is 0 Å². The molecule has 22 heavy (non-hydrogen) atoms. The molecule has 2 amide bonds. The highest BCUT2D eigenvalue weighted by Gasteiger charge is 2.38. The number of fused-ring (bicyclic) bond motifs is 1. The Kier molecular flexibility index (Phi) is 3.62. The highest BCUT2D eigenvalue weighted by Crippen LogP contribution is 2.39. The molecule has 2 aromatic carbocycles. The number of ether oxygens (including phenoxy) is 1. The predicted molar refractivity (Wildman–Crippen MR) is 84.8 cm³/mol. The van der Waals surface area contributed by atoms with E-state index < -0.39 is 0 Å². The minimum Gasteiger partial charge on any atom is -0.487 e. The molecular weight excluding hydrogens is 302 g/mol. The van der Waals surface area contributed by atoms with Gasteiger partial charge in [-0.1, -0.05) is 29.8 Å². The summed E-state index contributed by atoms with van der Waals surface area (Å²) in [5.41, 5.74) is 1.15. The summed E-state index contributed by atoms with van der Waals surface area (Å²) in [5.74, 6) is -0.387. The van der Waals surface area contributed by atoms with Gasteiger partial charge in [-0.2, -0.15) is 0 Å². The van der Waals surface area contributed by atoms with Gasteiger partial charge in [-0.3, -0.25) is 9.59 Å². The Bertz CT molecular complexity index is 735. The third-order valence-corrected chi connectivity index (χ3v) is 3.63. The second-order valence-corrected chi connectivity index (χ2v) is 5.65. The topological polar surface area (TPSA) is 46.6 Å². The monoisotopic (exact) mass is 315 g/mol. The number of carbonyl (C=O) groups excluding carboxylic acids is 2. The van der Waals surface area contributed by atoms with Crippen molar-refractivity contribution >= 4 is 29.1 Å².